The van der Waals surface area contributed by atoms with E-state index in [1.54, 1.807) is 0 Å². The summed E-state index contributed by atoms with van der Waals surface area (Å²) in [4.78, 5) is 4.84. The zero-order chi connectivity index (χ0) is 12.7. The lowest BCUT2D eigenvalue weighted by Crippen LogP contribution is -2.11. The largest absolute Gasteiger partial charge is 0.263 e. The van der Waals surface area contributed by atoms with Crippen molar-refractivity contribution in [3.05, 3.63) is 47.5 Å². The van der Waals surface area contributed by atoms with Crippen LogP contribution in [0.5, 0.6) is 0 Å². The van der Waals surface area contributed by atoms with Gasteiger partial charge >= 0.3 is 0 Å². The Morgan fingerprint density at radius 3 is 2.47 bits per heavy atom. The van der Waals surface area contributed by atoms with Crippen molar-refractivity contribution >= 4 is 0 Å². The Morgan fingerprint density at radius 2 is 1.79 bits per heavy atom. The number of H-pyrrole nitrogens is 1. The molecule has 0 radical (unpaired) electrons. The number of hydrogen-bond acceptors (Lipinski definition) is 2. The van der Waals surface area contributed by atoms with E-state index in [0.29, 0.717) is 5.92 Å². The van der Waals surface area contributed by atoms with E-state index >= 15 is 0 Å². The number of rotatable bonds is 3. The molecule has 0 aliphatic heterocycles. The molecule has 4 rings (SSSR count). The highest BCUT2D eigenvalue weighted by atomic mass is 15.2. The Balaban J connectivity index is 1.66. The molecule has 0 spiro atoms. The summed E-state index contributed by atoms with van der Waals surface area (Å²) in [6.45, 7) is 0. The molecule has 0 atom stereocenters. The number of benzene rings is 1. The van der Waals surface area contributed by atoms with E-state index in [0.717, 1.165) is 11.6 Å². The molecule has 3 nitrogen and oxygen atoms in total. The molecule has 2 fully saturated rings. The maximum atomic E-state index is 4.84. The quantitative estimate of drug-likeness (QED) is 0.909. The standard InChI is InChI=1S/C16H19N3/c1-2-8-13(9-3-1)16(10-11-16)15-17-14(18-19-15)12-6-4-5-7-12/h1-3,8-9,12H,4-7,10-11H2,(H,17,18,19). The van der Waals surface area contributed by atoms with Gasteiger partial charge in [0.1, 0.15) is 5.82 Å². The lowest BCUT2D eigenvalue weighted by molar-refractivity contribution is 0.669. The van der Waals surface area contributed by atoms with Gasteiger partial charge in [0.15, 0.2) is 5.82 Å². The summed E-state index contributed by atoms with van der Waals surface area (Å²) in [7, 11) is 0. The summed E-state index contributed by atoms with van der Waals surface area (Å²) in [6.07, 6.45) is 7.58. The maximum Gasteiger partial charge on any atom is 0.161 e. The Labute approximate surface area is 113 Å². The van der Waals surface area contributed by atoms with Gasteiger partial charge in [-0.15, -0.1) is 0 Å². The molecule has 0 unspecified atom stereocenters. The lowest BCUT2D eigenvalue weighted by Gasteiger charge is -2.11. The first-order chi connectivity index (χ1) is 9.38. The van der Waals surface area contributed by atoms with Crippen LogP contribution in [0.4, 0.5) is 0 Å². The SMILES string of the molecule is c1ccc(C2(c3n[nH]c(C4CCCC4)n3)CC2)cc1. The summed E-state index contributed by atoms with van der Waals surface area (Å²) in [5, 5.41) is 7.74. The van der Waals surface area contributed by atoms with Gasteiger partial charge in [0.25, 0.3) is 0 Å². The van der Waals surface area contributed by atoms with E-state index in [2.05, 4.69) is 40.5 Å². The normalized spacial score (nSPS) is 21.7. The molecule has 0 bridgehead atoms. The molecule has 1 aromatic carbocycles. The molecule has 98 valence electrons. The van der Waals surface area contributed by atoms with Gasteiger partial charge in [-0.25, -0.2) is 4.98 Å². The average Bonchev–Trinajstić information content (AvgIpc) is 2.92. The molecule has 3 heteroatoms. The number of nitrogens with one attached hydrogen (secondary N) is 1. The molecule has 0 saturated heterocycles. The highest BCUT2D eigenvalue weighted by Crippen LogP contribution is 2.52. The minimum atomic E-state index is 0.106. The topological polar surface area (TPSA) is 41.6 Å². The Morgan fingerprint density at radius 1 is 1.05 bits per heavy atom. The van der Waals surface area contributed by atoms with Gasteiger partial charge in [-0.2, -0.15) is 5.10 Å². The van der Waals surface area contributed by atoms with E-state index < -0.39 is 0 Å². The van der Waals surface area contributed by atoms with Crippen LogP contribution in [-0.4, -0.2) is 15.2 Å². The Hall–Kier alpha value is -1.64. The first-order valence-electron chi connectivity index (χ1n) is 7.37. The highest BCUT2D eigenvalue weighted by Gasteiger charge is 2.49. The predicted molar refractivity (Wildman–Crippen MR) is 74.0 cm³/mol. The molecule has 19 heavy (non-hydrogen) atoms. The summed E-state index contributed by atoms with van der Waals surface area (Å²) in [5.41, 5.74) is 1.47. The first kappa shape index (κ1) is 11.2. The van der Waals surface area contributed by atoms with Crippen LogP contribution < -0.4 is 0 Å². The Kier molecular flexibility index (Phi) is 2.47. The van der Waals surface area contributed by atoms with E-state index in [1.807, 2.05) is 0 Å². The molecule has 1 heterocycles. The third kappa shape index (κ3) is 1.79. The van der Waals surface area contributed by atoms with Crippen LogP contribution in [-0.2, 0) is 5.41 Å². The van der Waals surface area contributed by atoms with Crippen molar-refractivity contribution in [3.8, 4) is 0 Å². The van der Waals surface area contributed by atoms with E-state index in [4.69, 9.17) is 4.98 Å². The van der Waals surface area contributed by atoms with Crippen LogP contribution in [0.25, 0.3) is 0 Å². The average molecular weight is 253 g/mol. The van der Waals surface area contributed by atoms with Crippen molar-refractivity contribution in [2.45, 2.75) is 49.9 Å². The molecule has 0 amide bonds. The number of nitrogens with zero attached hydrogens (tertiary/aromatic N) is 2. The van der Waals surface area contributed by atoms with Gasteiger partial charge in [-0.1, -0.05) is 43.2 Å². The zero-order valence-electron chi connectivity index (χ0n) is 11.1. The van der Waals surface area contributed by atoms with Gasteiger partial charge in [-0.05, 0) is 31.2 Å². The second kappa shape index (κ2) is 4.19. The van der Waals surface area contributed by atoms with Crippen LogP contribution >= 0.6 is 0 Å². The molecule has 2 aliphatic rings. The second-order valence-corrected chi connectivity index (χ2v) is 5.97. The van der Waals surface area contributed by atoms with E-state index in [-0.39, 0.29) is 5.41 Å². The molecule has 2 aromatic rings. The number of aromatic amines is 1. The second-order valence-electron chi connectivity index (χ2n) is 5.97. The van der Waals surface area contributed by atoms with E-state index in [9.17, 15) is 0 Å². The third-order valence-corrected chi connectivity index (χ3v) is 4.75. The van der Waals surface area contributed by atoms with Gasteiger partial charge in [0.2, 0.25) is 0 Å². The molecule has 2 aliphatic carbocycles. The zero-order valence-corrected chi connectivity index (χ0v) is 11.1. The van der Waals surface area contributed by atoms with Crippen molar-refractivity contribution in [3.63, 3.8) is 0 Å². The molecule has 1 aromatic heterocycles. The highest BCUT2D eigenvalue weighted by molar-refractivity contribution is 5.39. The fraction of sp³-hybridized carbons (Fsp3) is 0.500. The summed E-state index contributed by atoms with van der Waals surface area (Å²) in [6, 6.07) is 10.7. The van der Waals surface area contributed by atoms with Crippen LogP contribution in [0, 0.1) is 0 Å². The smallest absolute Gasteiger partial charge is 0.161 e. The van der Waals surface area contributed by atoms with Crippen molar-refractivity contribution in [2.75, 3.05) is 0 Å². The van der Waals surface area contributed by atoms with Gasteiger partial charge < -0.3 is 0 Å². The van der Waals surface area contributed by atoms with Gasteiger partial charge in [0, 0.05) is 5.92 Å². The van der Waals surface area contributed by atoms with Gasteiger partial charge in [0.05, 0.1) is 5.41 Å². The van der Waals surface area contributed by atoms with Crippen molar-refractivity contribution in [1.29, 1.82) is 0 Å². The van der Waals surface area contributed by atoms with E-state index in [1.165, 1.54) is 44.1 Å². The van der Waals surface area contributed by atoms with Crippen LogP contribution in [0.3, 0.4) is 0 Å². The first-order valence-corrected chi connectivity index (χ1v) is 7.37. The third-order valence-electron chi connectivity index (χ3n) is 4.75. The van der Waals surface area contributed by atoms with Crippen LogP contribution in [0.2, 0.25) is 0 Å². The predicted octanol–water partition coefficient (Wildman–Crippen LogP) is 3.54. The van der Waals surface area contributed by atoms with Crippen LogP contribution in [0.15, 0.2) is 30.3 Å². The monoisotopic (exact) mass is 253 g/mol. The van der Waals surface area contributed by atoms with Crippen LogP contribution in [0.1, 0.15) is 61.7 Å². The minimum absolute atomic E-state index is 0.106. The minimum Gasteiger partial charge on any atom is -0.263 e. The number of hydrogen-bond donors (Lipinski definition) is 1. The van der Waals surface area contributed by atoms with Crippen molar-refractivity contribution in [2.24, 2.45) is 0 Å². The Bertz CT molecular complexity index is 563. The molecular formula is C16H19N3. The summed E-state index contributed by atoms with van der Waals surface area (Å²) >= 11 is 0. The summed E-state index contributed by atoms with van der Waals surface area (Å²) < 4.78 is 0. The lowest BCUT2D eigenvalue weighted by atomic mass is 9.95. The molecular weight excluding hydrogens is 234 g/mol. The summed E-state index contributed by atoms with van der Waals surface area (Å²) in [5.74, 6) is 2.75. The molecule has 1 N–H and O–H groups in total. The van der Waals surface area contributed by atoms with Crippen molar-refractivity contribution in [1.82, 2.24) is 15.2 Å². The number of aromatic nitrogens is 3. The van der Waals surface area contributed by atoms with Crippen molar-refractivity contribution < 1.29 is 0 Å². The fourth-order valence-electron chi connectivity index (χ4n) is 3.39. The maximum absolute atomic E-state index is 4.84. The van der Waals surface area contributed by atoms with Gasteiger partial charge in [-0.3, -0.25) is 5.10 Å². The molecule has 2 saturated carbocycles. The fourth-order valence-corrected chi connectivity index (χ4v) is 3.39.